The summed E-state index contributed by atoms with van der Waals surface area (Å²) in [7, 11) is 3.37. The predicted octanol–water partition coefficient (Wildman–Crippen LogP) is 2.71. The van der Waals surface area contributed by atoms with Crippen LogP contribution in [0.3, 0.4) is 0 Å². The third kappa shape index (κ3) is 4.20. The van der Waals surface area contributed by atoms with Gasteiger partial charge in [-0.1, -0.05) is 0 Å². The van der Waals surface area contributed by atoms with E-state index < -0.39 is 6.04 Å². The number of anilines is 2. The molecule has 8 nitrogen and oxygen atoms in total. The van der Waals surface area contributed by atoms with Crippen LogP contribution in [0.5, 0.6) is 5.75 Å². The lowest BCUT2D eigenvalue weighted by atomic mass is 10.2. The van der Waals surface area contributed by atoms with E-state index in [1.807, 2.05) is 14.0 Å². The summed E-state index contributed by atoms with van der Waals surface area (Å²) in [6.07, 6.45) is 0. The number of hydrogen-bond donors (Lipinski definition) is 3. The Balaban J connectivity index is 0.00000280. The smallest absolute Gasteiger partial charge is 0.262 e. The molecule has 0 radical (unpaired) electrons. The Morgan fingerprint density at radius 3 is 2.68 bits per heavy atom. The number of nitrogens with two attached hydrogens (primary N) is 1. The highest BCUT2D eigenvalue weighted by atomic mass is 35.5. The molecule has 4 N–H and O–H groups in total. The molecule has 10 heteroatoms. The Labute approximate surface area is 172 Å². The quantitative estimate of drug-likeness (QED) is 0.546. The van der Waals surface area contributed by atoms with Gasteiger partial charge in [-0.2, -0.15) is 5.10 Å². The van der Waals surface area contributed by atoms with Gasteiger partial charge in [0.05, 0.1) is 29.1 Å². The van der Waals surface area contributed by atoms with Gasteiger partial charge < -0.3 is 21.1 Å². The third-order valence-electron chi connectivity index (χ3n) is 4.18. The monoisotopic (exact) mass is 423 g/mol. The van der Waals surface area contributed by atoms with E-state index in [0.29, 0.717) is 22.0 Å². The van der Waals surface area contributed by atoms with E-state index >= 15 is 0 Å². The van der Waals surface area contributed by atoms with Crippen molar-refractivity contribution in [1.82, 2.24) is 15.1 Å². The summed E-state index contributed by atoms with van der Waals surface area (Å²) in [5.74, 6) is -0.107. The van der Waals surface area contributed by atoms with E-state index in [9.17, 15) is 9.59 Å². The number of carbonyl (C=O) groups is 2. The maximum Gasteiger partial charge on any atom is 0.262 e. The number of fused-ring (bicyclic) bond motifs is 1. The van der Waals surface area contributed by atoms with Crippen molar-refractivity contribution < 1.29 is 14.3 Å². The van der Waals surface area contributed by atoms with E-state index in [-0.39, 0.29) is 24.2 Å². The van der Waals surface area contributed by atoms with Crippen molar-refractivity contribution in [2.24, 2.45) is 7.05 Å². The number of methoxy groups -OCH3 is 1. The van der Waals surface area contributed by atoms with Crippen molar-refractivity contribution >= 4 is 57.1 Å². The highest BCUT2D eigenvalue weighted by Crippen LogP contribution is 2.28. The molecule has 3 aromatic rings. The summed E-state index contributed by atoms with van der Waals surface area (Å²) in [6.45, 7) is 3.51. The van der Waals surface area contributed by atoms with E-state index in [0.717, 1.165) is 15.9 Å². The summed E-state index contributed by atoms with van der Waals surface area (Å²) >= 11 is 1.34. The summed E-state index contributed by atoms with van der Waals surface area (Å²) in [4.78, 5) is 26.4. The molecule has 0 aliphatic heterocycles. The van der Waals surface area contributed by atoms with Gasteiger partial charge in [-0.05, 0) is 32.0 Å². The standard InChI is InChI=1S/C18H21N5O3S.ClH/c1-9-12-8-15(27-18(12)23(3)22-9)17(25)20-10(2)16(24)21-14-7-11(26-4)5-6-13(14)19;/h5-8,10H,19H2,1-4H3,(H,20,25)(H,21,24);1H. The van der Waals surface area contributed by atoms with Crippen molar-refractivity contribution in [2.45, 2.75) is 19.9 Å². The summed E-state index contributed by atoms with van der Waals surface area (Å²) in [6, 6.07) is 6.03. The van der Waals surface area contributed by atoms with Crippen LogP contribution in [0.25, 0.3) is 10.2 Å². The number of rotatable bonds is 5. The Hall–Kier alpha value is -2.78. The molecular formula is C18H22ClN5O3S. The van der Waals surface area contributed by atoms with Crippen LogP contribution in [0.2, 0.25) is 0 Å². The molecule has 3 rings (SSSR count). The van der Waals surface area contributed by atoms with Gasteiger partial charge in [0, 0.05) is 18.5 Å². The molecular weight excluding hydrogens is 402 g/mol. The second-order valence-electron chi connectivity index (χ2n) is 6.18. The zero-order valence-electron chi connectivity index (χ0n) is 15.9. The van der Waals surface area contributed by atoms with Gasteiger partial charge >= 0.3 is 0 Å². The third-order valence-corrected chi connectivity index (χ3v) is 5.38. The fourth-order valence-corrected chi connectivity index (χ4v) is 3.69. The molecule has 0 saturated heterocycles. The number of thiophene rings is 1. The molecule has 0 aliphatic carbocycles. The number of halogens is 1. The molecule has 0 fully saturated rings. The van der Waals surface area contributed by atoms with Crippen molar-refractivity contribution in [1.29, 1.82) is 0 Å². The number of carbonyl (C=O) groups excluding carboxylic acids is 2. The largest absolute Gasteiger partial charge is 0.497 e. The first-order valence-electron chi connectivity index (χ1n) is 8.28. The average molecular weight is 424 g/mol. The van der Waals surface area contributed by atoms with Crippen LogP contribution in [-0.2, 0) is 11.8 Å². The van der Waals surface area contributed by atoms with Gasteiger partial charge in [0.15, 0.2) is 0 Å². The Morgan fingerprint density at radius 1 is 1.32 bits per heavy atom. The fourth-order valence-electron chi connectivity index (χ4n) is 2.66. The maximum absolute atomic E-state index is 12.5. The molecule has 0 spiro atoms. The molecule has 2 heterocycles. The number of benzene rings is 1. The van der Waals surface area contributed by atoms with Gasteiger partial charge in [0.25, 0.3) is 5.91 Å². The number of nitrogens with zero attached hydrogens (tertiary/aromatic N) is 2. The van der Waals surface area contributed by atoms with Gasteiger partial charge in [-0.3, -0.25) is 14.3 Å². The molecule has 150 valence electrons. The summed E-state index contributed by atoms with van der Waals surface area (Å²) < 4.78 is 6.88. The van der Waals surface area contributed by atoms with Crippen molar-refractivity contribution in [3.63, 3.8) is 0 Å². The number of ether oxygens (including phenoxy) is 1. The molecule has 2 amide bonds. The van der Waals surface area contributed by atoms with Crippen LogP contribution in [0.1, 0.15) is 22.3 Å². The zero-order chi connectivity index (χ0) is 19.7. The number of nitrogens with one attached hydrogen (secondary N) is 2. The minimum atomic E-state index is -0.743. The van der Waals surface area contributed by atoms with Gasteiger partial charge in [0.2, 0.25) is 5.91 Å². The van der Waals surface area contributed by atoms with Crippen molar-refractivity contribution in [3.8, 4) is 5.75 Å². The Morgan fingerprint density at radius 2 is 2.04 bits per heavy atom. The molecule has 1 aromatic carbocycles. The number of hydrogen-bond acceptors (Lipinski definition) is 6. The van der Waals surface area contributed by atoms with Crippen LogP contribution >= 0.6 is 23.7 Å². The first-order valence-corrected chi connectivity index (χ1v) is 9.10. The van der Waals surface area contributed by atoms with Crippen molar-refractivity contribution in [3.05, 3.63) is 34.8 Å². The van der Waals surface area contributed by atoms with Crippen LogP contribution in [0.15, 0.2) is 24.3 Å². The molecule has 1 atom stereocenters. The molecule has 0 aliphatic rings. The van der Waals surface area contributed by atoms with Gasteiger partial charge in [0.1, 0.15) is 16.6 Å². The van der Waals surface area contributed by atoms with E-state index in [2.05, 4.69) is 15.7 Å². The minimum Gasteiger partial charge on any atom is -0.497 e. The van der Waals surface area contributed by atoms with Crippen LogP contribution in [0, 0.1) is 6.92 Å². The number of nitrogen functional groups attached to an aromatic ring is 1. The van der Waals surface area contributed by atoms with E-state index in [4.69, 9.17) is 10.5 Å². The first kappa shape index (κ1) is 21.5. The lowest BCUT2D eigenvalue weighted by molar-refractivity contribution is -0.117. The topological polar surface area (TPSA) is 111 Å². The van der Waals surface area contributed by atoms with Gasteiger partial charge in [-0.15, -0.1) is 23.7 Å². The van der Waals surface area contributed by atoms with Crippen molar-refractivity contribution in [2.75, 3.05) is 18.2 Å². The second kappa shape index (κ2) is 8.49. The molecule has 28 heavy (non-hydrogen) atoms. The average Bonchev–Trinajstić information content (AvgIpc) is 3.18. The number of amides is 2. The lowest BCUT2D eigenvalue weighted by Gasteiger charge is -2.15. The predicted molar refractivity (Wildman–Crippen MR) is 114 cm³/mol. The Kier molecular flexibility index (Phi) is 6.52. The maximum atomic E-state index is 12.5. The molecule has 2 aromatic heterocycles. The highest BCUT2D eigenvalue weighted by molar-refractivity contribution is 7.20. The second-order valence-corrected chi connectivity index (χ2v) is 7.21. The van der Waals surface area contributed by atoms with Crippen LogP contribution in [0.4, 0.5) is 11.4 Å². The van der Waals surface area contributed by atoms with Gasteiger partial charge in [-0.25, -0.2) is 0 Å². The molecule has 0 saturated carbocycles. The highest BCUT2D eigenvalue weighted by Gasteiger charge is 2.20. The number of aryl methyl sites for hydroxylation is 2. The minimum absolute atomic E-state index is 0. The Bertz CT molecular complexity index is 995. The summed E-state index contributed by atoms with van der Waals surface area (Å²) in [5.41, 5.74) is 7.59. The van der Waals surface area contributed by atoms with Crippen LogP contribution < -0.4 is 21.1 Å². The molecule has 0 bridgehead atoms. The number of aromatic nitrogens is 2. The first-order chi connectivity index (χ1) is 12.8. The summed E-state index contributed by atoms with van der Waals surface area (Å²) in [5, 5.41) is 10.7. The zero-order valence-corrected chi connectivity index (χ0v) is 17.5. The SMILES string of the molecule is COc1ccc(N)c(NC(=O)C(C)NC(=O)c2cc3c(C)nn(C)c3s2)c1.Cl. The normalized spacial score (nSPS) is 11.6. The lowest BCUT2D eigenvalue weighted by Crippen LogP contribution is -2.41. The van der Waals surface area contributed by atoms with E-state index in [1.54, 1.807) is 35.9 Å². The molecule has 1 unspecified atom stereocenters. The van der Waals surface area contributed by atoms with Crippen LogP contribution in [-0.4, -0.2) is 34.7 Å². The fraction of sp³-hybridized carbons (Fsp3) is 0.278. The van der Waals surface area contributed by atoms with E-state index in [1.165, 1.54) is 18.4 Å².